The third kappa shape index (κ3) is 14.6. The molecule has 4 rings (SSSR count). The lowest BCUT2D eigenvalue weighted by Crippen LogP contribution is -2.54. The number of aromatic nitrogens is 3. The lowest BCUT2D eigenvalue weighted by atomic mass is 9.66. The van der Waals surface area contributed by atoms with Crippen LogP contribution in [-0.2, 0) is 25.7 Å². The maximum atomic E-state index is 14.6. The van der Waals surface area contributed by atoms with E-state index in [0.717, 1.165) is 80.4 Å². The first-order chi connectivity index (χ1) is 25.8. The molecule has 2 saturated carbocycles. The molecule has 2 aromatic heterocycles. The van der Waals surface area contributed by atoms with Gasteiger partial charge in [-0.2, -0.15) is 5.10 Å². The molecule has 0 aliphatic heterocycles. The van der Waals surface area contributed by atoms with Gasteiger partial charge in [0, 0.05) is 46.7 Å². The van der Waals surface area contributed by atoms with Crippen LogP contribution < -0.4 is 15.4 Å². The van der Waals surface area contributed by atoms with Crippen molar-refractivity contribution in [2.45, 2.75) is 169 Å². The summed E-state index contributed by atoms with van der Waals surface area (Å²) >= 11 is 0. The zero-order valence-electron chi connectivity index (χ0n) is 36.1. The van der Waals surface area contributed by atoms with E-state index in [1.54, 1.807) is 6.20 Å². The van der Waals surface area contributed by atoms with Crippen molar-refractivity contribution in [1.82, 2.24) is 20.1 Å². The van der Waals surface area contributed by atoms with Crippen LogP contribution in [-0.4, -0.2) is 74.6 Å². The van der Waals surface area contributed by atoms with Gasteiger partial charge < -0.3 is 29.6 Å². The van der Waals surface area contributed by atoms with Crippen LogP contribution in [0.2, 0.25) is 51.4 Å². The van der Waals surface area contributed by atoms with Crippen molar-refractivity contribution < 1.29 is 28.5 Å². The van der Waals surface area contributed by atoms with E-state index >= 15 is 0 Å². The molecule has 0 bridgehead atoms. The molecule has 0 saturated heterocycles. The lowest BCUT2D eigenvalue weighted by molar-refractivity contribution is -0.121. The van der Waals surface area contributed by atoms with Crippen molar-refractivity contribution in [1.29, 1.82) is 0 Å². The van der Waals surface area contributed by atoms with Gasteiger partial charge in [-0.15, -0.1) is 0 Å². The zero-order chi connectivity index (χ0) is 40.4. The number of pyridine rings is 1. The summed E-state index contributed by atoms with van der Waals surface area (Å²) in [6.07, 6.45) is 12.4. The predicted molar refractivity (Wildman–Crippen MR) is 227 cm³/mol. The molecular formula is C42H73N5O6Si2. The number of nitrogens with zero attached hydrogens (tertiary/aromatic N) is 3. The van der Waals surface area contributed by atoms with E-state index < -0.39 is 33.9 Å². The first kappa shape index (κ1) is 45.0. The molecule has 2 aliphatic rings. The Balaban J connectivity index is 1.65. The van der Waals surface area contributed by atoms with E-state index in [-0.39, 0.29) is 18.6 Å². The number of alkyl carbamates (subject to hydrolysis) is 1. The monoisotopic (exact) mass is 800 g/mol. The minimum atomic E-state index is -1.29. The second kappa shape index (κ2) is 20.1. The molecule has 0 unspecified atom stereocenters. The topological polar surface area (TPSA) is 126 Å². The quantitative estimate of drug-likeness (QED) is 0.0867. The Morgan fingerprint density at radius 2 is 1.44 bits per heavy atom. The van der Waals surface area contributed by atoms with Crippen LogP contribution in [0, 0.1) is 31.6 Å². The van der Waals surface area contributed by atoms with Crippen molar-refractivity contribution in [2.75, 3.05) is 25.3 Å². The molecule has 2 aromatic rings. The lowest BCUT2D eigenvalue weighted by Gasteiger charge is -2.42. The maximum absolute atomic E-state index is 14.6. The average Bonchev–Trinajstić information content (AvgIpc) is 3.37. The van der Waals surface area contributed by atoms with Crippen LogP contribution in [0.3, 0.4) is 0 Å². The number of amides is 2. The third-order valence-corrected chi connectivity index (χ3v) is 14.4. The van der Waals surface area contributed by atoms with Gasteiger partial charge in [0.05, 0.1) is 17.6 Å². The summed E-state index contributed by atoms with van der Waals surface area (Å²) < 4.78 is 26.0. The summed E-state index contributed by atoms with van der Waals surface area (Å²) in [6.45, 7) is 25.2. The largest absolute Gasteiger partial charge is 0.465 e. The Hall–Kier alpha value is -2.75. The maximum Gasteiger partial charge on any atom is 0.408 e. The van der Waals surface area contributed by atoms with Gasteiger partial charge in [0.1, 0.15) is 24.1 Å². The van der Waals surface area contributed by atoms with Gasteiger partial charge in [-0.1, -0.05) is 103 Å². The predicted octanol–water partition coefficient (Wildman–Crippen LogP) is 10.2. The number of nitrogens with one attached hydrogen (secondary N) is 2. The molecule has 0 spiro atoms. The Morgan fingerprint density at radius 3 is 1.98 bits per heavy atom. The van der Waals surface area contributed by atoms with Gasteiger partial charge in [-0.25, -0.2) is 9.48 Å². The van der Waals surface area contributed by atoms with E-state index in [9.17, 15) is 9.59 Å². The number of anilines is 1. The molecule has 0 radical (unpaired) electrons. The minimum Gasteiger partial charge on any atom is -0.465 e. The van der Waals surface area contributed by atoms with Crippen LogP contribution in [0.1, 0.15) is 96.4 Å². The molecule has 11 nitrogen and oxygen atoms in total. The van der Waals surface area contributed by atoms with E-state index in [1.165, 1.54) is 12.8 Å². The van der Waals surface area contributed by atoms with Crippen molar-refractivity contribution in [3.05, 3.63) is 23.7 Å². The Morgan fingerprint density at radius 1 is 0.873 bits per heavy atom. The number of hydrogen-bond acceptors (Lipinski definition) is 8. The van der Waals surface area contributed by atoms with E-state index in [2.05, 4.69) is 49.9 Å². The van der Waals surface area contributed by atoms with Crippen molar-refractivity contribution >= 4 is 33.8 Å². The van der Waals surface area contributed by atoms with Gasteiger partial charge >= 0.3 is 6.09 Å². The number of ether oxygens (including phenoxy) is 4. The first-order valence-corrected chi connectivity index (χ1v) is 28.4. The average molecular weight is 800 g/mol. The molecule has 13 heteroatoms. The molecule has 2 heterocycles. The molecule has 310 valence electrons. The van der Waals surface area contributed by atoms with E-state index in [0.29, 0.717) is 48.9 Å². The second-order valence-corrected chi connectivity index (χ2v) is 30.7. The van der Waals surface area contributed by atoms with Crippen LogP contribution >= 0.6 is 0 Å². The number of hydrogen-bond donors (Lipinski definition) is 2. The fourth-order valence-corrected chi connectivity index (χ4v) is 9.52. The van der Waals surface area contributed by atoms with Gasteiger partial charge in [0.2, 0.25) is 5.91 Å². The Labute approximate surface area is 333 Å². The SMILES string of the molecule is Cc1nn(COCC[Si](C)(C)C)c(C)c1-c1ncc(NC(=O)[C@@H](NC(=O)OC(C)(C)C)C(C2CCCCC2)C2CCCCC2)cc1OCOCC[Si](C)(C)C. The fourth-order valence-electron chi connectivity index (χ4n) is 8.01. The van der Waals surface area contributed by atoms with Crippen LogP contribution in [0.25, 0.3) is 11.3 Å². The van der Waals surface area contributed by atoms with Crippen LogP contribution in [0.5, 0.6) is 5.75 Å². The molecule has 0 aromatic carbocycles. The Kier molecular flexibility index (Phi) is 16.4. The molecular weight excluding hydrogens is 727 g/mol. The van der Waals surface area contributed by atoms with Crippen molar-refractivity contribution in [3.63, 3.8) is 0 Å². The highest BCUT2D eigenvalue weighted by atomic mass is 28.3. The summed E-state index contributed by atoms with van der Waals surface area (Å²) in [4.78, 5) is 32.9. The fraction of sp³-hybridized carbons (Fsp3) is 0.762. The molecule has 2 fully saturated rings. The van der Waals surface area contributed by atoms with Crippen LogP contribution in [0.15, 0.2) is 12.3 Å². The number of carbonyl (C=O) groups is 2. The van der Waals surface area contributed by atoms with Gasteiger partial charge in [0.25, 0.3) is 0 Å². The second-order valence-electron chi connectivity index (χ2n) is 19.4. The summed E-state index contributed by atoms with van der Waals surface area (Å²) in [5, 5.41) is 11.1. The molecule has 1 atom stereocenters. The normalized spacial score (nSPS) is 16.9. The highest BCUT2D eigenvalue weighted by Gasteiger charge is 2.42. The van der Waals surface area contributed by atoms with E-state index in [4.69, 9.17) is 29.0 Å². The molecule has 2 aliphatic carbocycles. The molecule has 2 N–H and O–H groups in total. The summed E-state index contributed by atoms with van der Waals surface area (Å²) in [5.74, 6) is 0.966. The third-order valence-electron chi connectivity index (χ3n) is 11.0. The summed E-state index contributed by atoms with van der Waals surface area (Å²) in [5.41, 5.74) is 3.02. The summed E-state index contributed by atoms with van der Waals surface area (Å²) in [7, 11) is -2.50. The van der Waals surface area contributed by atoms with Gasteiger partial charge in [-0.05, 0) is 64.5 Å². The highest BCUT2D eigenvalue weighted by molar-refractivity contribution is 6.76. The van der Waals surface area contributed by atoms with Gasteiger partial charge in [0.15, 0.2) is 12.5 Å². The van der Waals surface area contributed by atoms with E-state index in [1.807, 2.05) is 45.4 Å². The minimum absolute atomic E-state index is 0.0138. The van der Waals surface area contributed by atoms with Crippen molar-refractivity contribution in [3.8, 4) is 17.0 Å². The zero-order valence-corrected chi connectivity index (χ0v) is 38.1. The van der Waals surface area contributed by atoms with Gasteiger partial charge in [-0.3, -0.25) is 9.78 Å². The first-order valence-electron chi connectivity index (χ1n) is 20.9. The molecule has 55 heavy (non-hydrogen) atoms. The van der Waals surface area contributed by atoms with Crippen LogP contribution in [0.4, 0.5) is 10.5 Å². The number of rotatable bonds is 18. The molecule has 2 amide bonds. The Bertz CT molecular complexity index is 1520. The van der Waals surface area contributed by atoms with Crippen molar-refractivity contribution in [2.24, 2.45) is 17.8 Å². The number of aryl methyl sites for hydroxylation is 1. The summed E-state index contributed by atoms with van der Waals surface area (Å²) in [6, 6.07) is 3.18. The smallest absolute Gasteiger partial charge is 0.408 e. The standard InChI is InChI=1S/C42H73N5O6Si2/c1-30-36(31(2)47(46-30)28-50-22-24-54(6,7)8)38-35(52-29-51-23-25-55(9,10)11)26-34(27-43-38)44-40(48)39(45-41(49)53-42(3,4)5)37(32-18-14-12-15-19-32)33-20-16-13-17-21-33/h26-27,32-33,37,39H,12-25,28-29H2,1-11H3,(H,44,48)(H,45,49)/t39-/m0/s1. The number of carbonyl (C=O) groups excluding carboxylic acids is 2. The highest BCUT2D eigenvalue weighted by Crippen LogP contribution is 2.42.